The molecule has 0 aliphatic heterocycles. The van der Waals surface area contributed by atoms with Crippen molar-refractivity contribution in [1.29, 1.82) is 0 Å². The molecule has 1 aromatic carbocycles. The van der Waals surface area contributed by atoms with Crippen LogP contribution in [0, 0.1) is 13.8 Å². The summed E-state index contributed by atoms with van der Waals surface area (Å²) in [4.78, 5) is 13.4. The third-order valence-electron chi connectivity index (χ3n) is 3.63. The van der Waals surface area contributed by atoms with Gasteiger partial charge in [0.25, 0.3) is 0 Å². The second kappa shape index (κ2) is 8.67. The van der Waals surface area contributed by atoms with Gasteiger partial charge in [-0.15, -0.1) is 0 Å². The van der Waals surface area contributed by atoms with Crippen LogP contribution in [0.15, 0.2) is 18.2 Å². The molecule has 0 N–H and O–H groups in total. The van der Waals surface area contributed by atoms with Gasteiger partial charge in [-0.1, -0.05) is 6.07 Å². The molecule has 0 saturated carbocycles. The Morgan fingerprint density at radius 2 is 1.95 bits per heavy atom. The fourth-order valence-electron chi connectivity index (χ4n) is 2.01. The van der Waals surface area contributed by atoms with Crippen molar-refractivity contribution in [3.8, 4) is 5.75 Å². The molecule has 21 heavy (non-hydrogen) atoms. The summed E-state index contributed by atoms with van der Waals surface area (Å²) in [6, 6.07) is 6.44. The van der Waals surface area contributed by atoms with Gasteiger partial charge in [-0.3, -0.25) is 9.69 Å². The van der Waals surface area contributed by atoms with Gasteiger partial charge in [0.15, 0.2) is 0 Å². The zero-order valence-corrected chi connectivity index (χ0v) is 13.8. The molecule has 0 aliphatic carbocycles. The zero-order valence-electron chi connectivity index (χ0n) is 13.8. The Kier molecular flexibility index (Phi) is 7.23. The van der Waals surface area contributed by atoms with Gasteiger partial charge in [-0.25, -0.2) is 0 Å². The monoisotopic (exact) mass is 293 g/mol. The molecule has 0 unspecified atom stereocenters. The largest absolute Gasteiger partial charge is 0.494 e. The van der Waals surface area contributed by atoms with Crippen LogP contribution in [0.3, 0.4) is 0 Å². The number of methoxy groups -OCH3 is 1. The highest BCUT2D eigenvalue weighted by atomic mass is 16.5. The first-order valence-corrected chi connectivity index (χ1v) is 7.45. The number of hydrogen-bond donors (Lipinski definition) is 0. The number of rotatable bonds is 8. The third-order valence-corrected chi connectivity index (χ3v) is 3.63. The van der Waals surface area contributed by atoms with E-state index in [2.05, 4.69) is 44.7 Å². The molecule has 0 spiro atoms. The fourth-order valence-corrected chi connectivity index (χ4v) is 2.01. The lowest BCUT2D eigenvalue weighted by atomic mass is 10.1. The Labute approximate surface area is 128 Å². The first-order chi connectivity index (χ1) is 9.93. The van der Waals surface area contributed by atoms with Crippen LogP contribution in [0.2, 0.25) is 0 Å². The van der Waals surface area contributed by atoms with E-state index in [0.29, 0.717) is 19.2 Å². The van der Waals surface area contributed by atoms with E-state index in [9.17, 15) is 4.79 Å². The van der Waals surface area contributed by atoms with E-state index in [0.717, 1.165) is 18.7 Å². The van der Waals surface area contributed by atoms with E-state index in [1.807, 2.05) is 6.07 Å². The SMILES string of the molecule is COC(=O)CN(CCCOc1ccc(C)c(C)c1)C(C)C. The van der Waals surface area contributed by atoms with Crippen LogP contribution in [0.1, 0.15) is 31.4 Å². The number of aryl methyl sites for hydroxylation is 2. The topological polar surface area (TPSA) is 38.8 Å². The highest BCUT2D eigenvalue weighted by molar-refractivity contribution is 5.71. The average Bonchev–Trinajstić information content (AvgIpc) is 2.45. The number of hydrogen-bond acceptors (Lipinski definition) is 4. The maximum absolute atomic E-state index is 11.4. The highest BCUT2D eigenvalue weighted by Gasteiger charge is 2.13. The molecule has 1 aromatic rings. The summed E-state index contributed by atoms with van der Waals surface area (Å²) in [5, 5.41) is 0. The van der Waals surface area contributed by atoms with E-state index in [1.165, 1.54) is 18.2 Å². The fraction of sp³-hybridized carbons (Fsp3) is 0.588. The van der Waals surface area contributed by atoms with E-state index in [4.69, 9.17) is 9.47 Å². The number of nitrogens with zero attached hydrogens (tertiary/aromatic N) is 1. The molecule has 0 bridgehead atoms. The van der Waals surface area contributed by atoms with Gasteiger partial charge in [-0.2, -0.15) is 0 Å². The van der Waals surface area contributed by atoms with Crippen LogP contribution in [0.5, 0.6) is 5.75 Å². The molecule has 0 fully saturated rings. The maximum atomic E-state index is 11.4. The summed E-state index contributed by atoms with van der Waals surface area (Å²) in [7, 11) is 1.42. The van der Waals surface area contributed by atoms with Crippen molar-refractivity contribution in [3.63, 3.8) is 0 Å². The molecular formula is C17H27NO3. The minimum absolute atomic E-state index is 0.196. The first kappa shape index (κ1) is 17.5. The van der Waals surface area contributed by atoms with Crippen molar-refractivity contribution in [2.24, 2.45) is 0 Å². The second-order valence-corrected chi connectivity index (χ2v) is 5.59. The van der Waals surface area contributed by atoms with E-state index in [-0.39, 0.29) is 5.97 Å². The van der Waals surface area contributed by atoms with E-state index < -0.39 is 0 Å². The van der Waals surface area contributed by atoms with Gasteiger partial charge in [-0.05, 0) is 57.4 Å². The maximum Gasteiger partial charge on any atom is 0.319 e. The predicted molar refractivity (Wildman–Crippen MR) is 84.8 cm³/mol. The molecule has 0 aliphatic rings. The van der Waals surface area contributed by atoms with Crippen molar-refractivity contribution < 1.29 is 14.3 Å². The number of esters is 1. The molecule has 0 amide bonds. The molecule has 0 heterocycles. The molecule has 0 saturated heterocycles. The lowest BCUT2D eigenvalue weighted by Gasteiger charge is -2.25. The minimum Gasteiger partial charge on any atom is -0.494 e. The quantitative estimate of drug-likeness (QED) is 0.545. The van der Waals surface area contributed by atoms with Crippen molar-refractivity contribution >= 4 is 5.97 Å². The summed E-state index contributed by atoms with van der Waals surface area (Å²) in [5.74, 6) is 0.709. The highest BCUT2D eigenvalue weighted by Crippen LogP contribution is 2.16. The number of carbonyl (C=O) groups excluding carboxylic acids is 1. The summed E-state index contributed by atoms with van der Waals surface area (Å²) < 4.78 is 10.5. The van der Waals surface area contributed by atoms with Crippen molar-refractivity contribution in [2.45, 2.75) is 40.2 Å². The third kappa shape index (κ3) is 6.17. The Morgan fingerprint density at radius 3 is 2.52 bits per heavy atom. The summed E-state index contributed by atoms with van der Waals surface area (Å²) in [5.41, 5.74) is 2.51. The predicted octanol–water partition coefficient (Wildman–Crippen LogP) is 2.96. The van der Waals surface area contributed by atoms with Crippen molar-refractivity contribution in [2.75, 3.05) is 26.8 Å². The Hall–Kier alpha value is -1.55. The van der Waals surface area contributed by atoms with Gasteiger partial charge < -0.3 is 9.47 Å². The van der Waals surface area contributed by atoms with Crippen LogP contribution in [0.25, 0.3) is 0 Å². The van der Waals surface area contributed by atoms with Crippen molar-refractivity contribution in [3.05, 3.63) is 29.3 Å². The normalized spacial score (nSPS) is 11.0. The molecular weight excluding hydrogens is 266 g/mol. The number of ether oxygens (including phenoxy) is 2. The van der Waals surface area contributed by atoms with Gasteiger partial charge in [0, 0.05) is 12.6 Å². The molecule has 0 aromatic heterocycles. The molecule has 118 valence electrons. The zero-order chi connectivity index (χ0) is 15.8. The lowest BCUT2D eigenvalue weighted by Crippen LogP contribution is -2.37. The molecule has 1 rings (SSSR count). The lowest BCUT2D eigenvalue weighted by molar-refractivity contribution is -0.142. The van der Waals surface area contributed by atoms with Crippen LogP contribution < -0.4 is 4.74 Å². The molecule has 0 atom stereocenters. The smallest absolute Gasteiger partial charge is 0.319 e. The Morgan fingerprint density at radius 1 is 1.24 bits per heavy atom. The summed E-state index contributed by atoms with van der Waals surface area (Å²) in [6.07, 6.45) is 0.877. The minimum atomic E-state index is -0.196. The first-order valence-electron chi connectivity index (χ1n) is 7.45. The molecule has 4 heteroatoms. The second-order valence-electron chi connectivity index (χ2n) is 5.59. The molecule has 0 radical (unpaired) electrons. The van der Waals surface area contributed by atoms with Crippen LogP contribution >= 0.6 is 0 Å². The van der Waals surface area contributed by atoms with Crippen LogP contribution in [-0.2, 0) is 9.53 Å². The molecule has 4 nitrogen and oxygen atoms in total. The van der Waals surface area contributed by atoms with Crippen LogP contribution in [0.4, 0.5) is 0 Å². The van der Waals surface area contributed by atoms with Gasteiger partial charge in [0.2, 0.25) is 0 Å². The summed E-state index contributed by atoms with van der Waals surface area (Å²) >= 11 is 0. The van der Waals surface area contributed by atoms with Gasteiger partial charge >= 0.3 is 5.97 Å². The standard InChI is InChI=1S/C17H27NO3/c1-13(2)18(12-17(19)20-5)9-6-10-21-16-8-7-14(3)15(4)11-16/h7-8,11,13H,6,9-10,12H2,1-5H3. The van der Waals surface area contributed by atoms with Crippen molar-refractivity contribution in [1.82, 2.24) is 4.90 Å². The van der Waals surface area contributed by atoms with E-state index >= 15 is 0 Å². The Bertz CT molecular complexity index is 457. The van der Waals surface area contributed by atoms with Crippen LogP contribution in [-0.4, -0.2) is 43.7 Å². The van der Waals surface area contributed by atoms with E-state index in [1.54, 1.807) is 0 Å². The average molecular weight is 293 g/mol. The number of benzene rings is 1. The van der Waals surface area contributed by atoms with Gasteiger partial charge in [0.05, 0.1) is 20.3 Å². The number of carbonyl (C=O) groups is 1. The van der Waals surface area contributed by atoms with Gasteiger partial charge in [0.1, 0.15) is 5.75 Å². The summed E-state index contributed by atoms with van der Waals surface area (Å²) in [6.45, 7) is 10.1. The Balaban J connectivity index is 2.36.